The minimum atomic E-state index is -4.47. The normalized spacial score (nSPS) is 11.6. The van der Waals surface area contributed by atoms with Crippen molar-refractivity contribution < 1.29 is 13.2 Å². The van der Waals surface area contributed by atoms with E-state index in [-0.39, 0.29) is 16.6 Å². The van der Waals surface area contributed by atoms with E-state index >= 15 is 0 Å². The van der Waals surface area contributed by atoms with Gasteiger partial charge in [0.05, 0.1) is 5.56 Å². The molecule has 1 heterocycles. The summed E-state index contributed by atoms with van der Waals surface area (Å²) in [6, 6.07) is 11.6. The third-order valence-corrected chi connectivity index (χ3v) is 4.15. The Labute approximate surface area is 147 Å². The third kappa shape index (κ3) is 3.46. The number of nitrogens with zero attached hydrogens (tertiary/aromatic N) is 1. The van der Waals surface area contributed by atoms with Crippen LogP contribution in [0.1, 0.15) is 5.56 Å². The van der Waals surface area contributed by atoms with Gasteiger partial charge in [-0.1, -0.05) is 41.9 Å². The molecule has 0 saturated carbocycles. The summed E-state index contributed by atoms with van der Waals surface area (Å²) in [5, 5.41) is 0.404. The van der Waals surface area contributed by atoms with Gasteiger partial charge in [-0.3, -0.25) is 4.79 Å². The number of hydrogen-bond acceptors (Lipinski definition) is 1. The second kappa shape index (κ2) is 6.41. The number of aryl methyl sites for hydroxylation is 1. The third-order valence-electron chi connectivity index (χ3n) is 3.82. The van der Waals surface area contributed by atoms with E-state index in [9.17, 15) is 18.0 Å². The monoisotopic (exact) mass is 363 g/mol. The molecule has 0 unspecified atom stereocenters. The van der Waals surface area contributed by atoms with Crippen molar-refractivity contribution in [2.45, 2.75) is 6.18 Å². The van der Waals surface area contributed by atoms with Crippen molar-refractivity contribution in [1.29, 1.82) is 0 Å². The summed E-state index contributed by atoms with van der Waals surface area (Å²) < 4.78 is 40.5. The van der Waals surface area contributed by atoms with Crippen LogP contribution in [-0.2, 0) is 13.2 Å². The van der Waals surface area contributed by atoms with Crippen LogP contribution in [0.4, 0.5) is 13.2 Å². The Hall–Kier alpha value is -2.53. The molecule has 3 aromatic rings. The zero-order chi connectivity index (χ0) is 18.2. The molecule has 0 aliphatic heterocycles. The largest absolute Gasteiger partial charge is 0.416 e. The summed E-state index contributed by atoms with van der Waals surface area (Å²) in [6.45, 7) is 0. The van der Waals surface area contributed by atoms with Gasteiger partial charge >= 0.3 is 6.18 Å². The number of aromatic nitrogens is 1. The molecule has 2 aromatic carbocycles. The van der Waals surface area contributed by atoms with Crippen molar-refractivity contribution >= 4 is 11.6 Å². The maximum absolute atomic E-state index is 13.0. The van der Waals surface area contributed by atoms with Crippen LogP contribution in [-0.4, -0.2) is 4.57 Å². The van der Waals surface area contributed by atoms with Crippen LogP contribution in [0, 0.1) is 0 Å². The van der Waals surface area contributed by atoms with E-state index in [1.54, 1.807) is 42.1 Å². The predicted octanol–water partition coefficient (Wildman–Crippen LogP) is 5.39. The number of hydrogen-bond donors (Lipinski definition) is 0. The summed E-state index contributed by atoms with van der Waals surface area (Å²) >= 11 is 6.17. The lowest BCUT2D eigenvalue weighted by Crippen LogP contribution is -2.12. The summed E-state index contributed by atoms with van der Waals surface area (Å²) in [6.07, 6.45) is -1.35. The molecule has 3 rings (SSSR count). The quantitative estimate of drug-likeness (QED) is 0.598. The molecule has 128 valence electrons. The SMILES string of the molecule is Cn1cc(-c2cccc(C(F)(F)F)c2)c(=O)c(-c2ccccc2Cl)c1. The molecule has 0 spiro atoms. The van der Waals surface area contributed by atoms with Crippen LogP contribution in [0.5, 0.6) is 0 Å². The van der Waals surface area contributed by atoms with Gasteiger partial charge in [-0.2, -0.15) is 13.2 Å². The van der Waals surface area contributed by atoms with Gasteiger partial charge in [0, 0.05) is 41.2 Å². The zero-order valence-corrected chi connectivity index (χ0v) is 13.9. The van der Waals surface area contributed by atoms with E-state index in [0.717, 1.165) is 12.1 Å². The van der Waals surface area contributed by atoms with Crippen LogP contribution in [0.2, 0.25) is 5.02 Å². The number of benzene rings is 2. The molecule has 0 fully saturated rings. The molecule has 0 aliphatic carbocycles. The fraction of sp³-hybridized carbons (Fsp3) is 0.105. The summed E-state index contributed by atoms with van der Waals surface area (Å²) in [5.74, 6) is 0. The highest BCUT2D eigenvalue weighted by Crippen LogP contribution is 2.32. The van der Waals surface area contributed by atoms with Crippen LogP contribution >= 0.6 is 11.6 Å². The Morgan fingerprint density at radius 3 is 2.28 bits per heavy atom. The van der Waals surface area contributed by atoms with Gasteiger partial charge < -0.3 is 4.57 Å². The molecule has 0 radical (unpaired) electrons. The van der Waals surface area contributed by atoms with Gasteiger partial charge in [0.2, 0.25) is 0 Å². The summed E-state index contributed by atoms with van der Waals surface area (Å²) in [5.41, 5.74) is 0.109. The molecule has 0 atom stereocenters. The fourth-order valence-electron chi connectivity index (χ4n) is 2.65. The molecule has 0 aliphatic rings. The topological polar surface area (TPSA) is 22.0 Å². The van der Waals surface area contributed by atoms with E-state index in [0.29, 0.717) is 16.1 Å². The number of alkyl halides is 3. The van der Waals surface area contributed by atoms with Gasteiger partial charge in [0.15, 0.2) is 5.43 Å². The molecule has 0 N–H and O–H groups in total. The first kappa shape index (κ1) is 17.3. The van der Waals surface area contributed by atoms with Crippen molar-refractivity contribution in [2.24, 2.45) is 7.05 Å². The first-order valence-corrected chi connectivity index (χ1v) is 7.78. The van der Waals surface area contributed by atoms with Crippen molar-refractivity contribution in [3.8, 4) is 22.3 Å². The number of halogens is 4. The maximum atomic E-state index is 13.0. The lowest BCUT2D eigenvalue weighted by molar-refractivity contribution is -0.137. The van der Waals surface area contributed by atoms with Gasteiger partial charge in [-0.05, 0) is 23.8 Å². The summed E-state index contributed by atoms with van der Waals surface area (Å²) in [4.78, 5) is 12.9. The second-order valence-electron chi connectivity index (χ2n) is 5.64. The molecular weight excluding hydrogens is 351 g/mol. The van der Waals surface area contributed by atoms with Crippen LogP contribution in [0.15, 0.2) is 65.7 Å². The van der Waals surface area contributed by atoms with E-state index in [4.69, 9.17) is 11.6 Å². The first-order chi connectivity index (χ1) is 11.8. The fourth-order valence-corrected chi connectivity index (χ4v) is 2.88. The maximum Gasteiger partial charge on any atom is 0.416 e. The highest BCUT2D eigenvalue weighted by atomic mass is 35.5. The Balaban J connectivity index is 2.23. The van der Waals surface area contributed by atoms with E-state index in [1.807, 2.05) is 0 Å². The smallest absolute Gasteiger partial charge is 0.356 e. The molecule has 2 nitrogen and oxygen atoms in total. The minimum absolute atomic E-state index is 0.186. The molecule has 6 heteroatoms. The van der Waals surface area contributed by atoms with Crippen molar-refractivity contribution in [2.75, 3.05) is 0 Å². The van der Waals surface area contributed by atoms with Crippen molar-refractivity contribution in [1.82, 2.24) is 4.57 Å². The molecule has 1 aromatic heterocycles. The molecule has 25 heavy (non-hydrogen) atoms. The predicted molar refractivity (Wildman–Crippen MR) is 92.6 cm³/mol. The Kier molecular flexibility index (Phi) is 4.43. The minimum Gasteiger partial charge on any atom is -0.356 e. The number of rotatable bonds is 2. The van der Waals surface area contributed by atoms with E-state index < -0.39 is 11.7 Å². The Morgan fingerprint density at radius 1 is 0.920 bits per heavy atom. The molecular formula is C19H13ClF3NO. The molecule has 0 bridgehead atoms. The Bertz CT molecular complexity index is 992. The van der Waals surface area contributed by atoms with Crippen LogP contribution in [0.3, 0.4) is 0 Å². The highest BCUT2D eigenvalue weighted by Gasteiger charge is 2.30. The van der Waals surface area contributed by atoms with Gasteiger partial charge in [0.25, 0.3) is 0 Å². The highest BCUT2D eigenvalue weighted by molar-refractivity contribution is 6.33. The van der Waals surface area contributed by atoms with E-state index in [1.165, 1.54) is 18.3 Å². The molecule has 0 saturated heterocycles. The van der Waals surface area contributed by atoms with Crippen LogP contribution < -0.4 is 5.43 Å². The zero-order valence-electron chi connectivity index (χ0n) is 13.1. The number of pyridine rings is 1. The van der Waals surface area contributed by atoms with Gasteiger partial charge in [-0.25, -0.2) is 0 Å². The summed E-state index contributed by atoms with van der Waals surface area (Å²) in [7, 11) is 1.71. The second-order valence-corrected chi connectivity index (χ2v) is 6.05. The van der Waals surface area contributed by atoms with Gasteiger partial charge in [-0.15, -0.1) is 0 Å². The van der Waals surface area contributed by atoms with Crippen LogP contribution in [0.25, 0.3) is 22.3 Å². The average Bonchev–Trinajstić information content (AvgIpc) is 2.57. The lowest BCUT2D eigenvalue weighted by atomic mass is 9.99. The van der Waals surface area contributed by atoms with Gasteiger partial charge in [0.1, 0.15) is 0 Å². The lowest BCUT2D eigenvalue weighted by Gasteiger charge is -2.12. The van der Waals surface area contributed by atoms with Crippen molar-refractivity contribution in [3.63, 3.8) is 0 Å². The first-order valence-electron chi connectivity index (χ1n) is 7.40. The molecule has 0 amide bonds. The van der Waals surface area contributed by atoms with Crippen molar-refractivity contribution in [3.05, 3.63) is 81.7 Å². The van der Waals surface area contributed by atoms with E-state index in [2.05, 4.69) is 0 Å². The standard InChI is InChI=1S/C19H13ClF3NO/c1-24-10-15(12-5-4-6-13(9-12)19(21,22)23)18(25)16(11-24)14-7-2-3-8-17(14)20/h2-11H,1H3. The average molecular weight is 364 g/mol. The Morgan fingerprint density at radius 2 is 1.60 bits per heavy atom.